The molecular formula is C12H7N5. The largest absolute Gasteiger partial charge is 0.359 e. The van der Waals surface area contributed by atoms with Gasteiger partial charge in [-0.1, -0.05) is 6.07 Å². The standard InChI is InChI=1S/C12H7N5/c13-4-9(5-14)6-16-11-2-1-3-12-10(11)7-15-8-17-12/h1-3,6-8,16H. The van der Waals surface area contributed by atoms with Crippen LogP contribution in [0.3, 0.4) is 0 Å². The van der Waals surface area contributed by atoms with E-state index in [1.165, 1.54) is 12.5 Å². The summed E-state index contributed by atoms with van der Waals surface area (Å²) in [5.41, 5.74) is 1.57. The number of rotatable bonds is 2. The number of anilines is 1. The molecule has 1 heterocycles. The van der Waals surface area contributed by atoms with Crippen molar-refractivity contribution in [2.45, 2.75) is 0 Å². The average Bonchev–Trinajstić information content (AvgIpc) is 2.40. The molecule has 1 aromatic heterocycles. The molecule has 0 aliphatic carbocycles. The molecule has 0 aliphatic heterocycles. The van der Waals surface area contributed by atoms with Crippen molar-refractivity contribution in [1.82, 2.24) is 9.97 Å². The SMILES string of the molecule is N#CC(C#N)=CNc1cccc2ncncc12. The Kier molecular flexibility index (Phi) is 2.95. The maximum absolute atomic E-state index is 8.61. The highest BCUT2D eigenvalue weighted by molar-refractivity contribution is 5.90. The van der Waals surface area contributed by atoms with Gasteiger partial charge in [0.2, 0.25) is 0 Å². The first-order chi connectivity index (χ1) is 8.35. The van der Waals surface area contributed by atoms with Crippen molar-refractivity contribution in [3.05, 3.63) is 42.5 Å². The van der Waals surface area contributed by atoms with Crippen LogP contribution in [0.5, 0.6) is 0 Å². The van der Waals surface area contributed by atoms with Crippen LogP contribution in [0.1, 0.15) is 0 Å². The summed E-state index contributed by atoms with van der Waals surface area (Å²) in [4.78, 5) is 8.05. The van der Waals surface area contributed by atoms with E-state index >= 15 is 0 Å². The molecular weight excluding hydrogens is 214 g/mol. The number of hydrogen-bond donors (Lipinski definition) is 1. The molecule has 5 heteroatoms. The molecule has 80 valence electrons. The molecule has 0 saturated carbocycles. The Morgan fingerprint density at radius 3 is 2.88 bits per heavy atom. The summed E-state index contributed by atoms with van der Waals surface area (Å²) in [6, 6.07) is 9.08. The summed E-state index contributed by atoms with van der Waals surface area (Å²) < 4.78 is 0. The fraction of sp³-hybridized carbons (Fsp3) is 0. The first-order valence-electron chi connectivity index (χ1n) is 4.81. The molecule has 1 N–H and O–H groups in total. The van der Waals surface area contributed by atoms with Gasteiger partial charge in [0.15, 0.2) is 0 Å². The van der Waals surface area contributed by atoms with Crippen LogP contribution in [0.2, 0.25) is 0 Å². The highest BCUT2D eigenvalue weighted by Gasteiger charge is 2.00. The zero-order valence-corrected chi connectivity index (χ0v) is 8.75. The van der Waals surface area contributed by atoms with E-state index in [1.54, 1.807) is 18.3 Å². The van der Waals surface area contributed by atoms with Gasteiger partial charge in [-0.3, -0.25) is 0 Å². The minimum atomic E-state index is 0.0128. The molecule has 0 aliphatic rings. The first-order valence-corrected chi connectivity index (χ1v) is 4.81. The maximum atomic E-state index is 8.61. The van der Waals surface area contributed by atoms with Gasteiger partial charge in [-0.15, -0.1) is 0 Å². The number of fused-ring (bicyclic) bond motifs is 1. The van der Waals surface area contributed by atoms with E-state index in [0.717, 1.165) is 16.6 Å². The van der Waals surface area contributed by atoms with Crippen LogP contribution in [-0.2, 0) is 0 Å². The molecule has 17 heavy (non-hydrogen) atoms. The van der Waals surface area contributed by atoms with Crippen molar-refractivity contribution in [2.24, 2.45) is 0 Å². The van der Waals surface area contributed by atoms with Gasteiger partial charge in [-0.25, -0.2) is 9.97 Å². The Labute approximate surface area is 97.7 Å². The summed E-state index contributed by atoms with van der Waals surface area (Å²) in [6.45, 7) is 0. The van der Waals surface area contributed by atoms with Gasteiger partial charge >= 0.3 is 0 Å². The summed E-state index contributed by atoms with van der Waals surface area (Å²) in [7, 11) is 0. The minimum absolute atomic E-state index is 0.0128. The predicted molar refractivity (Wildman–Crippen MR) is 62.5 cm³/mol. The van der Waals surface area contributed by atoms with Crippen LogP contribution in [0, 0.1) is 22.7 Å². The van der Waals surface area contributed by atoms with Crippen LogP contribution < -0.4 is 5.32 Å². The van der Waals surface area contributed by atoms with Crippen LogP contribution >= 0.6 is 0 Å². The molecule has 2 aromatic rings. The van der Waals surface area contributed by atoms with Crippen molar-refractivity contribution < 1.29 is 0 Å². The van der Waals surface area contributed by atoms with Gasteiger partial charge in [-0.2, -0.15) is 10.5 Å². The van der Waals surface area contributed by atoms with Crippen molar-refractivity contribution in [2.75, 3.05) is 5.32 Å². The number of benzene rings is 1. The summed E-state index contributed by atoms with van der Waals surface area (Å²) in [5, 5.41) is 21.0. The van der Waals surface area contributed by atoms with Gasteiger partial charge in [0.05, 0.1) is 5.52 Å². The molecule has 0 spiro atoms. The molecule has 5 nitrogen and oxygen atoms in total. The molecule has 0 saturated heterocycles. The average molecular weight is 221 g/mol. The van der Waals surface area contributed by atoms with E-state index in [1.807, 2.05) is 18.2 Å². The molecule has 2 rings (SSSR count). The zero-order valence-electron chi connectivity index (χ0n) is 8.75. The van der Waals surface area contributed by atoms with Gasteiger partial charge in [0, 0.05) is 23.5 Å². The lowest BCUT2D eigenvalue weighted by molar-refractivity contribution is 1.22. The second-order valence-electron chi connectivity index (χ2n) is 3.19. The Morgan fingerprint density at radius 1 is 1.29 bits per heavy atom. The minimum Gasteiger partial charge on any atom is -0.359 e. The second kappa shape index (κ2) is 4.73. The highest BCUT2D eigenvalue weighted by Crippen LogP contribution is 2.20. The van der Waals surface area contributed by atoms with Crippen molar-refractivity contribution in [3.63, 3.8) is 0 Å². The van der Waals surface area contributed by atoms with E-state index in [9.17, 15) is 0 Å². The number of hydrogen-bond acceptors (Lipinski definition) is 5. The molecule has 0 unspecified atom stereocenters. The molecule has 0 amide bonds. The smallest absolute Gasteiger partial charge is 0.145 e. The van der Waals surface area contributed by atoms with Crippen LogP contribution in [0.15, 0.2) is 42.5 Å². The lowest BCUT2D eigenvalue weighted by atomic mass is 10.2. The number of aromatic nitrogens is 2. The number of allylic oxidation sites excluding steroid dienone is 1. The van der Waals surface area contributed by atoms with E-state index in [2.05, 4.69) is 15.3 Å². The fourth-order valence-electron chi connectivity index (χ4n) is 1.37. The normalized spacial score (nSPS) is 9.06. The van der Waals surface area contributed by atoms with Crippen LogP contribution in [-0.4, -0.2) is 9.97 Å². The van der Waals surface area contributed by atoms with Gasteiger partial charge in [0.25, 0.3) is 0 Å². The topological polar surface area (TPSA) is 85.4 Å². The predicted octanol–water partition coefficient (Wildman–Crippen LogP) is 1.97. The van der Waals surface area contributed by atoms with E-state index in [4.69, 9.17) is 10.5 Å². The van der Waals surface area contributed by atoms with Gasteiger partial charge in [0.1, 0.15) is 24.0 Å². The van der Waals surface area contributed by atoms with E-state index in [0.29, 0.717) is 0 Å². The lowest BCUT2D eigenvalue weighted by Gasteiger charge is -2.04. The molecule has 0 fully saturated rings. The number of nitrogens with zero attached hydrogens (tertiary/aromatic N) is 4. The zero-order chi connectivity index (χ0) is 12.1. The molecule has 0 atom stereocenters. The number of nitriles is 2. The third-order valence-electron chi connectivity index (χ3n) is 2.16. The lowest BCUT2D eigenvalue weighted by Crippen LogP contribution is -1.92. The Balaban J connectivity index is 2.41. The molecule has 0 bridgehead atoms. The van der Waals surface area contributed by atoms with Crippen LogP contribution in [0.25, 0.3) is 10.9 Å². The van der Waals surface area contributed by atoms with Gasteiger partial charge < -0.3 is 5.32 Å². The quantitative estimate of drug-likeness (QED) is 0.783. The fourth-order valence-corrected chi connectivity index (χ4v) is 1.37. The van der Waals surface area contributed by atoms with Crippen molar-refractivity contribution >= 4 is 16.6 Å². The summed E-state index contributed by atoms with van der Waals surface area (Å²) in [5.74, 6) is 0. The number of nitrogens with one attached hydrogen (secondary N) is 1. The maximum Gasteiger partial charge on any atom is 0.145 e. The molecule has 0 radical (unpaired) electrons. The van der Waals surface area contributed by atoms with Crippen molar-refractivity contribution in [3.8, 4) is 12.1 Å². The summed E-state index contributed by atoms with van der Waals surface area (Å²) >= 11 is 0. The monoisotopic (exact) mass is 221 g/mol. The Morgan fingerprint density at radius 2 is 2.12 bits per heavy atom. The van der Waals surface area contributed by atoms with Crippen LogP contribution in [0.4, 0.5) is 5.69 Å². The summed E-state index contributed by atoms with van der Waals surface area (Å²) in [6.07, 6.45) is 4.51. The highest BCUT2D eigenvalue weighted by atomic mass is 14.9. The third kappa shape index (κ3) is 2.19. The Bertz CT molecular complexity index is 639. The second-order valence-corrected chi connectivity index (χ2v) is 3.19. The van der Waals surface area contributed by atoms with Gasteiger partial charge in [-0.05, 0) is 12.1 Å². The third-order valence-corrected chi connectivity index (χ3v) is 2.16. The first kappa shape index (κ1) is 10.6. The van der Waals surface area contributed by atoms with Crippen molar-refractivity contribution in [1.29, 1.82) is 10.5 Å². The Hall–Kier alpha value is -2.92. The molecule has 1 aromatic carbocycles. The van der Waals surface area contributed by atoms with E-state index < -0.39 is 0 Å². The van der Waals surface area contributed by atoms with E-state index in [-0.39, 0.29) is 5.57 Å².